The molecule has 0 aliphatic carbocycles. The zero-order valence-electron chi connectivity index (χ0n) is 11.2. The molecule has 0 saturated carbocycles. The third-order valence-electron chi connectivity index (χ3n) is 2.81. The van der Waals surface area contributed by atoms with E-state index in [0.717, 1.165) is 6.42 Å². The van der Waals surface area contributed by atoms with Crippen LogP contribution in [-0.2, 0) is 13.5 Å². The molecule has 0 fully saturated rings. The van der Waals surface area contributed by atoms with E-state index in [4.69, 9.17) is 5.73 Å². The summed E-state index contributed by atoms with van der Waals surface area (Å²) in [5.41, 5.74) is 6.21. The molecule has 2 N–H and O–H groups in total. The molecule has 0 aliphatic heterocycles. The molecule has 102 valence electrons. The second-order valence-corrected chi connectivity index (χ2v) is 4.12. The molecule has 0 radical (unpaired) electrons. The van der Waals surface area contributed by atoms with Crippen LogP contribution in [0.2, 0.25) is 0 Å². The molecule has 0 aliphatic rings. The number of aromatic nitrogens is 2. The highest BCUT2D eigenvalue weighted by molar-refractivity contribution is 5.61. The highest BCUT2D eigenvalue weighted by Crippen LogP contribution is 2.31. The van der Waals surface area contributed by atoms with Gasteiger partial charge in [-0.15, -0.1) is 0 Å². The van der Waals surface area contributed by atoms with E-state index in [1.54, 1.807) is 11.7 Å². The minimum Gasteiger partial charge on any atom is -0.350 e. The molecule has 0 bridgehead atoms. The van der Waals surface area contributed by atoms with Gasteiger partial charge in [-0.3, -0.25) is 10.1 Å². The number of nitrogens with zero attached hydrogens (tertiary/aromatic N) is 4. The first-order chi connectivity index (χ1) is 8.56. The Balaban J connectivity index is 3.27. The highest BCUT2D eigenvalue weighted by Gasteiger charge is 2.29. The van der Waals surface area contributed by atoms with Crippen molar-refractivity contribution in [2.24, 2.45) is 12.8 Å². The van der Waals surface area contributed by atoms with Gasteiger partial charge in [0.25, 0.3) is 0 Å². The minimum absolute atomic E-state index is 0.120. The summed E-state index contributed by atoms with van der Waals surface area (Å²) in [4.78, 5) is 12.8. The number of hydrogen-bond donors (Lipinski definition) is 1. The average Bonchev–Trinajstić information content (AvgIpc) is 2.63. The minimum atomic E-state index is -0.341. The molecule has 0 unspecified atom stereocenters. The molecule has 0 spiro atoms. The second kappa shape index (κ2) is 6.34. The number of nitrogens with two attached hydrogens (primary N) is 1. The largest absolute Gasteiger partial charge is 0.350 e. The Hall–Kier alpha value is -1.63. The third-order valence-corrected chi connectivity index (χ3v) is 2.81. The monoisotopic (exact) mass is 255 g/mol. The van der Waals surface area contributed by atoms with E-state index in [1.165, 1.54) is 0 Å². The Labute approximate surface area is 107 Å². The van der Waals surface area contributed by atoms with Gasteiger partial charge in [0.05, 0.1) is 4.92 Å². The van der Waals surface area contributed by atoms with Crippen LogP contribution in [0.25, 0.3) is 0 Å². The summed E-state index contributed by atoms with van der Waals surface area (Å²) in [7, 11) is 1.74. The van der Waals surface area contributed by atoms with Crippen molar-refractivity contribution >= 4 is 11.5 Å². The number of hydrogen-bond acceptors (Lipinski definition) is 5. The van der Waals surface area contributed by atoms with E-state index in [0.29, 0.717) is 37.6 Å². The molecule has 7 nitrogen and oxygen atoms in total. The molecular formula is C11H21N5O2. The van der Waals surface area contributed by atoms with Crippen LogP contribution in [0, 0.1) is 10.1 Å². The van der Waals surface area contributed by atoms with Gasteiger partial charge in [0, 0.05) is 26.7 Å². The fourth-order valence-electron chi connectivity index (χ4n) is 2.07. The molecule has 0 atom stereocenters. The summed E-state index contributed by atoms with van der Waals surface area (Å²) in [6.07, 6.45) is 1.45. The number of aryl methyl sites for hydroxylation is 2. The molecule has 1 rings (SSSR count). The van der Waals surface area contributed by atoms with E-state index in [2.05, 4.69) is 5.10 Å². The molecule has 1 aromatic heterocycles. The Morgan fingerprint density at radius 1 is 1.50 bits per heavy atom. The van der Waals surface area contributed by atoms with Crippen molar-refractivity contribution in [1.82, 2.24) is 9.78 Å². The number of rotatable bonds is 7. The Morgan fingerprint density at radius 2 is 2.17 bits per heavy atom. The zero-order chi connectivity index (χ0) is 13.7. The van der Waals surface area contributed by atoms with Gasteiger partial charge in [-0.25, -0.2) is 4.68 Å². The number of nitro groups is 1. The Bertz CT molecular complexity index is 416. The maximum absolute atomic E-state index is 11.2. The lowest BCUT2D eigenvalue weighted by Crippen LogP contribution is -2.31. The summed E-state index contributed by atoms with van der Waals surface area (Å²) in [5, 5.41) is 15.5. The lowest BCUT2D eigenvalue weighted by molar-refractivity contribution is -0.384. The van der Waals surface area contributed by atoms with Gasteiger partial charge in [-0.1, -0.05) is 13.3 Å². The highest BCUT2D eigenvalue weighted by atomic mass is 16.6. The smallest absolute Gasteiger partial charge is 0.334 e. The maximum Gasteiger partial charge on any atom is 0.334 e. The van der Waals surface area contributed by atoms with Gasteiger partial charge in [-0.2, -0.15) is 5.10 Å². The normalized spacial score (nSPS) is 10.7. The first-order valence-corrected chi connectivity index (χ1v) is 6.22. The van der Waals surface area contributed by atoms with Crippen LogP contribution in [0.5, 0.6) is 0 Å². The van der Waals surface area contributed by atoms with Crippen molar-refractivity contribution in [3.8, 4) is 0 Å². The van der Waals surface area contributed by atoms with Crippen LogP contribution in [0.15, 0.2) is 0 Å². The summed E-state index contributed by atoms with van der Waals surface area (Å²) in [5.74, 6) is 0.552. The third kappa shape index (κ3) is 2.79. The van der Waals surface area contributed by atoms with Crippen LogP contribution in [0.4, 0.5) is 11.5 Å². The van der Waals surface area contributed by atoms with E-state index in [9.17, 15) is 10.1 Å². The number of likely N-dealkylation sites (N-methyl/N-ethyl adjacent to an activating group) is 1. The van der Waals surface area contributed by atoms with Crippen LogP contribution in [0.3, 0.4) is 0 Å². The standard InChI is InChI=1S/C11H21N5O2/c1-4-6-9-10(16(17)18)11(14(3)13-9)15(5-2)8-7-12/h4-8,12H2,1-3H3. The molecule has 0 aromatic carbocycles. The predicted octanol–water partition coefficient (Wildman–Crippen LogP) is 1.07. The van der Waals surface area contributed by atoms with E-state index in [1.807, 2.05) is 18.7 Å². The molecule has 1 aromatic rings. The average molecular weight is 255 g/mol. The predicted molar refractivity (Wildman–Crippen MR) is 70.8 cm³/mol. The van der Waals surface area contributed by atoms with E-state index < -0.39 is 0 Å². The van der Waals surface area contributed by atoms with Gasteiger partial charge in [-0.05, 0) is 13.3 Å². The second-order valence-electron chi connectivity index (χ2n) is 4.12. The van der Waals surface area contributed by atoms with E-state index in [-0.39, 0.29) is 10.6 Å². The van der Waals surface area contributed by atoms with Gasteiger partial charge < -0.3 is 10.6 Å². The van der Waals surface area contributed by atoms with Crippen molar-refractivity contribution < 1.29 is 4.92 Å². The topological polar surface area (TPSA) is 90.2 Å². The zero-order valence-corrected chi connectivity index (χ0v) is 11.2. The Morgan fingerprint density at radius 3 is 2.61 bits per heavy atom. The van der Waals surface area contributed by atoms with Gasteiger partial charge >= 0.3 is 5.69 Å². The van der Waals surface area contributed by atoms with Gasteiger partial charge in [0.1, 0.15) is 5.69 Å². The van der Waals surface area contributed by atoms with Crippen molar-refractivity contribution in [3.63, 3.8) is 0 Å². The molecular weight excluding hydrogens is 234 g/mol. The molecule has 7 heteroatoms. The molecule has 0 amide bonds. The summed E-state index contributed by atoms with van der Waals surface area (Å²) < 4.78 is 1.59. The summed E-state index contributed by atoms with van der Waals surface area (Å²) >= 11 is 0. The van der Waals surface area contributed by atoms with Crippen LogP contribution < -0.4 is 10.6 Å². The van der Waals surface area contributed by atoms with E-state index >= 15 is 0 Å². The maximum atomic E-state index is 11.2. The van der Waals surface area contributed by atoms with Crippen molar-refractivity contribution in [3.05, 3.63) is 15.8 Å². The SMILES string of the molecule is CCCc1nn(C)c(N(CC)CCN)c1[N+](=O)[O-]. The number of anilines is 1. The van der Waals surface area contributed by atoms with Crippen molar-refractivity contribution in [2.45, 2.75) is 26.7 Å². The molecule has 0 saturated heterocycles. The summed E-state index contributed by atoms with van der Waals surface area (Å²) in [6.45, 7) is 5.65. The fourth-order valence-corrected chi connectivity index (χ4v) is 2.07. The molecule has 1 heterocycles. The Kier molecular flexibility index (Phi) is 5.08. The van der Waals surface area contributed by atoms with Crippen LogP contribution in [0.1, 0.15) is 26.0 Å². The summed E-state index contributed by atoms with van der Waals surface area (Å²) in [6, 6.07) is 0. The van der Waals surface area contributed by atoms with Crippen LogP contribution >= 0.6 is 0 Å². The van der Waals surface area contributed by atoms with Crippen molar-refractivity contribution in [1.29, 1.82) is 0 Å². The fraction of sp³-hybridized carbons (Fsp3) is 0.727. The first kappa shape index (κ1) is 14.4. The van der Waals surface area contributed by atoms with Crippen molar-refractivity contribution in [2.75, 3.05) is 24.5 Å². The first-order valence-electron chi connectivity index (χ1n) is 6.22. The van der Waals surface area contributed by atoms with Gasteiger partial charge in [0.2, 0.25) is 5.82 Å². The molecule has 18 heavy (non-hydrogen) atoms. The quantitative estimate of drug-likeness (QED) is 0.581. The van der Waals surface area contributed by atoms with Gasteiger partial charge in [0.15, 0.2) is 0 Å². The lowest BCUT2D eigenvalue weighted by Gasteiger charge is -2.20. The van der Waals surface area contributed by atoms with Crippen LogP contribution in [-0.4, -0.2) is 34.3 Å². The lowest BCUT2D eigenvalue weighted by atomic mass is 10.2.